The Morgan fingerprint density at radius 3 is 3.08 bits per heavy atom. The Morgan fingerprint density at radius 1 is 1.67 bits per heavy atom. The van der Waals surface area contributed by atoms with Crippen LogP contribution in [0, 0.1) is 11.3 Å². The van der Waals surface area contributed by atoms with Crippen molar-refractivity contribution >= 4 is 16.3 Å². The third kappa shape index (κ3) is 0.850. The molecule has 0 saturated heterocycles. The zero-order valence-corrected chi connectivity index (χ0v) is 7.74. The van der Waals surface area contributed by atoms with Gasteiger partial charge in [0.25, 0.3) is 0 Å². The van der Waals surface area contributed by atoms with Gasteiger partial charge in [0, 0.05) is 4.88 Å². The lowest BCUT2D eigenvalue weighted by atomic mass is 10.0. The number of fused-ring (bicyclic) bond motifs is 1. The Balaban J connectivity index is 2.63. The summed E-state index contributed by atoms with van der Waals surface area (Å²) in [5.41, 5.74) is 7.68. The molecule has 0 radical (unpaired) electrons. The molecule has 3 heteroatoms. The molecule has 2 N–H and O–H groups in total. The Kier molecular flexibility index (Phi) is 1.59. The maximum atomic E-state index is 8.87. The summed E-state index contributed by atoms with van der Waals surface area (Å²) < 4.78 is 0. The number of hydrogen-bond donors (Lipinski definition) is 1. The number of hydrogen-bond acceptors (Lipinski definition) is 3. The van der Waals surface area contributed by atoms with Gasteiger partial charge in [0.2, 0.25) is 0 Å². The molecule has 0 saturated carbocycles. The Labute approximate surface area is 75.6 Å². The molecule has 0 fully saturated rings. The van der Waals surface area contributed by atoms with Gasteiger partial charge in [0.05, 0.1) is 5.56 Å². The van der Waals surface area contributed by atoms with E-state index < -0.39 is 0 Å². The summed E-state index contributed by atoms with van der Waals surface area (Å²) in [5, 5.41) is 9.57. The average molecular weight is 178 g/mol. The zero-order chi connectivity index (χ0) is 8.72. The van der Waals surface area contributed by atoms with E-state index in [1.807, 2.05) is 0 Å². The molecule has 0 spiro atoms. The van der Waals surface area contributed by atoms with E-state index >= 15 is 0 Å². The van der Waals surface area contributed by atoms with Gasteiger partial charge in [-0.25, -0.2) is 0 Å². The van der Waals surface area contributed by atoms with Gasteiger partial charge in [0.15, 0.2) is 0 Å². The molecule has 0 amide bonds. The summed E-state index contributed by atoms with van der Waals surface area (Å²) in [5.74, 6) is 0.531. The van der Waals surface area contributed by atoms with Crippen LogP contribution >= 0.6 is 11.3 Å². The first-order valence-electron chi connectivity index (χ1n) is 4.05. The van der Waals surface area contributed by atoms with Crippen LogP contribution in [0.15, 0.2) is 0 Å². The summed E-state index contributed by atoms with van der Waals surface area (Å²) in [6.45, 7) is 2.17. The van der Waals surface area contributed by atoms with Crippen molar-refractivity contribution in [3.63, 3.8) is 0 Å². The van der Waals surface area contributed by atoms with Crippen LogP contribution in [-0.4, -0.2) is 0 Å². The second-order valence-corrected chi connectivity index (χ2v) is 4.37. The van der Waals surface area contributed by atoms with Crippen LogP contribution in [0.4, 0.5) is 5.00 Å². The number of nitrogens with two attached hydrogens (primary N) is 1. The molecule has 1 aliphatic rings. The molecule has 0 aliphatic heterocycles. The number of nitrogens with zero attached hydrogens (tertiary/aromatic N) is 1. The largest absolute Gasteiger partial charge is 0.389 e. The first-order valence-corrected chi connectivity index (χ1v) is 4.86. The fourth-order valence-corrected chi connectivity index (χ4v) is 2.98. The van der Waals surface area contributed by atoms with Crippen molar-refractivity contribution in [1.29, 1.82) is 5.26 Å². The van der Waals surface area contributed by atoms with Crippen molar-refractivity contribution in [2.45, 2.75) is 25.7 Å². The van der Waals surface area contributed by atoms with Crippen molar-refractivity contribution in [1.82, 2.24) is 0 Å². The average Bonchev–Trinajstić information content (AvgIpc) is 2.52. The van der Waals surface area contributed by atoms with Crippen LogP contribution in [0.2, 0.25) is 0 Å². The molecule has 2 rings (SSSR count). The van der Waals surface area contributed by atoms with E-state index in [4.69, 9.17) is 11.0 Å². The molecule has 1 aromatic rings. The minimum Gasteiger partial charge on any atom is -0.389 e. The van der Waals surface area contributed by atoms with Gasteiger partial charge in [-0.1, -0.05) is 6.92 Å². The standard InChI is InChI=1S/C9H10N2S/c1-5-2-3-7-8(5)6(4-10)9(11)12-7/h5H,2-3,11H2,1H3. The lowest BCUT2D eigenvalue weighted by molar-refractivity contribution is 0.746. The van der Waals surface area contributed by atoms with E-state index in [1.165, 1.54) is 16.9 Å². The molecule has 1 unspecified atom stereocenters. The quantitative estimate of drug-likeness (QED) is 0.662. The highest BCUT2D eigenvalue weighted by molar-refractivity contribution is 7.16. The highest BCUT2D eigenvalue weighted by atomic mass is 32.1. The van der Waals surface area contributed by atoms with Crippen LogP contribution in [0.1, 0.15) is 35.3 Å². The van der Waals surface area contributed by atoms with Crippen LogP contribution in [0.3, 0.4) is 0 Å². The van der Waals surface area contributed by atoms with E-state index in [9.17, 15) is 0 Å². The van der Waals surface area contributed by atoms with E-state index in [-0.39, 0.29) is 0 Å². The van der Waals surface area contributed by atoms with Gasteiger partial charge in [0.1, 0.15) is 11.1 Å². The van der Waals surface area contributed by atoms with E-state index in [2.05, 4.69) is 13.0 Å². The highest BCUT2D eigenvalue weighted by Crippen LogP contribution is 2.42. The molecule has 62 valence electrons. The normalized spacial score (nSPS) is 20.5. The minimum absolute atomic E-state index is 0.531. The summed E-state index contributed by atoms with van der Waals surface area (Å²) in [6.07, 6.45) is 2.28. The van der Waals surface area contributed by atoms with Gasteiger partial charge in [-0.2, -0.15) is 5.26 Å². The van der Waals surface area contributed by atoms with Gasteiger partial charge in [-0.05, 0) is 24.3 Å². The number of rotatable bonds is 0. The molecule has 1 atom stereocenters. The van der Waals surface area contributed by atoms with Crippen molar-refractivity contribution in [3.05, 3.63) is 16.0 Å². The minimum atomic E-state index is 0.531. The van der Waals surface area contributed by atoms with E-state index in [1.54, 1.807) is 11.3 Å². The number of anilines is 1. The third-order valence-electron chi connectivity index (χ3n) is 2.46. The molecule has 2 nitrogen and oxygen atoms in total. The molecule has 1 heterocycles. The van der Waals surface area contributed by atoms with Crippen molar-refractivity contribution < 1.29 is 0 Å². The van der Waals surface area contributed by atoms with Crippen molar-refractivity contribution in [3.8, 4) is 6.07 Å². The number of nitrogen functional groups attached to an aromatic ring is 1. The van der Waals surface area contributed by atoms with E-state index in [0.29, 0.717) is 10.9 Å². The molecule has 12 heavy (non-hydrogen) atoms. The van der Waals surface area contributed by atoms with Crippen molar-refractivity contribution in [2.24, 2.45) is 0 Å². The highest BCUT2D eigenvalue weighted by Gasteiger charge is 2.26. The van der Waals surface area contributed by atoms with Crippen LogP contribution in [0.5, 0.6) is 0 Å². The molecule has 0 bridgehead atoms. The Morgan fingerprint density at radius 2 is 2.42 bits per heavy atom. The second kappa shape index (κ2) is 2.49. The summed E-state index contributed by atoms with van der Waals surface area (Å²) >= 11 is 1.59. The molecule has 0 aromatic carbocycles. The molecular weight excluding hydrogens is 168 g/mol. The maximum Gasteiger partial charge on any atom is 0.104 e. The van der Waals surface area contributed by atoms with Gasteiger partial charge < -0.3 is 5.73 Å². The number of nitriles is 1. The van der Waals surface area contributed by atoms with E-state index in [0.717, 1.165) is 12.0 Å². The fraction of sp³-hybridized carbons (Fsp3) is 0.444. The molecular formula is C9H10N2S. The van der Waals surface area contributed by atoms with Crippen molar-refractivity contribution in [2.75, 3.05) is 5.73 Å². The van der Waals surface area contributed by atoms with Crippen LogP contribution in [-0.2, 0) is 6.42 Å². The summed E-state index contributed by atoms with van der Waals surface area (Å²) in [4.78, 5) is 1.33. The van der Waals surface area contributed by atoms with Gasteiger partial charge >= 0.3 is 0 Å². The summed E-state index contributed by atoms with van der Waals surface area (Å²) in [7, 11) is 0. The molecule has 1 aromatic heterocycles. The summed E-state index contributed by atoms with van der Waals surface area (Å²) in [6, 6.07) is 2.19. The second-order valence-electron chi connectivity index (χ2n) is 3.23. The lowest BCUT2D eigenvalue weighted by Crippen LogP contribution is -1.90. The third-order valence-corrected chi connectivity index (χ3v) is 3.55. The predicted molar refractivity (Wildman–Crippen MR) is 50.2 cm³/mol. The smallest absolute Gasteiger partial charge is 0.104 e. The first kappa shape index (κ1) is 7.63. The zero-order valence-electron chi connectivity index (χ0n) is 6.92. The van der Waals surface area contributed by atoms with Gasteiger partial charge in [-0.3, -0.25) is 0 Å². The first-order chi connectivity index (χ1) is 5.74. The van der Waals surface area contributed by atoms with Gasteiger partial charge in [-0.15, -0.1) is 11.3 Å². The SMILES string of the molecule is CC1CCc2sc(N)c(C#N)c21. The Bertz CT molecular complexity index is 359. The fourth-order valence-electron chi connectivity index (χ4n) is 1.83. The Hall–Kier alpha value is -1.01. The number of thiophene rings is 1. The predicted octanol–water partition coefficient (Wildman–Crippen LogP) is 2.25. The van der Waals surface area contributed by atoms with Crippen LogP contribution in [0.25, 0.3) is 0 Å². The number of aryl methyl sites for hydroxylation is 1. The van der Waals surface area contributed by atoms with Crippen LogP contribution < -0.4 is 5.73 Å². The monoisotopic (exact) mass is 178 g/mol. The maximum absolute atomic E-state index is 8.87. The lowest BCUT2D eigenvalue weighted by Gasteiger charge is -2.00. The topological polar surface area (TPSA) is 49.8 Å². The molecule has 1 aliphatic carbocycles.